The number of likely N-dealkylation sites (N-methyl/N-ethyl adjacent to an activating group) is 1. The molecule has 260 valence electrons. The second-order valence-corrected chi connectivity index (χ2v) is 11.9. The Labute approximate surface area is 286 Å². The van der Waals surface area contributed by atoms with Gasteiger partial charge in [-0.2, -0.15) is 18.3 Å². The van der Waals surface area contributed by atoms with E-state index in [1.165, 1.54) is 4.90 Å². The molecule has 6 rings (SSSR count). The predicted molar refractivity (Wildman–Crippen MR) is 176 cm³/mol. The minimum Gasteiger partial charge on any atom is -0.379 e. The first-order chi connectivity index (χ1) is 24.0. The number of carbonyl (C=O) groups excluding carboxylic acids is 3. The first kappa shape index (κ1) is 34.5. The summed E-state index contributed by atoms with van der Waals surface area (Å²) < 4.78 is 47.2. The van der Waals surface area contributed by atoms with E-state index < -0.39 is 41.5 Å². The van der Waals surface area contributed by atoms with Gasteiger partial charge in [0, 0.05) is 56.0 Å². The summed E-state index contributed by atoms with van der Waals surface area (Å²) in [4.78, 5) is 51.4. The fourth-order valence-electron chi connectivity index (χ4n) is 6.16. The number of anilines is 1. The molecule has 0 aliphatic carbocycles. The van der Waals surface area contributed by atoms with Gasteiger partial charge in [0.15, 0.2) is 0 Å². The van der Waals surface area contributed by atoms with Gasteiger partial charge in [0.25, 0.3) is 11.8 Å². The van der Waals surface area contributed by atoms with Crippen LogP contribution in [0.15, 0.2) is 85.2 Å². The summed E-state index contributed by atoms with van der Waals surface area (Å²) in [6.07, 6.45) is -2.34. The molecule has 2 aromatic heterocycles. The number of amides is 3. The van der Waals surface area contributed by atoms with E-state index in [2.05, 4.69) is 37.2 Å². The van der Waals surface area contributed by atoms with Gasteiger partial charge in [-0.05, 0) is 36.2 Å². The van der Waals surface area contributed by atoms with E-state index in [4.69, 9.17) is 4.74 Å². The van der Waals surface area contributed by atoms with Crippen molar-refractivity contribution in [2.24, 2.45) is 0 Å². The van der Waals surface area contributed by atoms with Crippen LogP contribution in [0.4, 0.5) is 19.0 Å². The van der Waals surface area contributed by atoms with Crippen molar-refractivity contribution < 1.29 is 32.3 Å². The summed E-state index contributed by atoms with van der Waals surface area (Å²) in [5, 5.41) is 10.2. The van der Waals surface area contributed by atoms with Crippen molar-refractivity contribution in [2.75, 3.05) is 44.3 Å². The smallest absolute Gasteiger partial charge is 0.379 e. The lowest BCUT2D eigenvalue weighted by Gasteiger charge is -2.38. The van der Waals surface area contributed by atoms with Crippen LogP contribution in [0.5, 0.6) is 0 Å². The number of fused-ring (bicyclic) bond motifs is 1. The topological polar surface area (TPSA) is 135 Å². The quantitative estimate of drug-likeness (QED) is 0.242. The van der Waals surface area contributed by atoms with Gasteiger partial charge in [-0.25, -0.2) is 14.6 Å². The van der Waals surface area contributed by atoms with Gasteiger partial charge in [-0.3, -0.25) is 24.2 Å². The van der Waals surface area contributed by atoms with Crippen LogP contribution in [0, 0.1) is 0 Å². The summed E-state index contributed by atoms with van der Waals surface area (Å²) in [6.45, 7) is 9.13. The molecule has 2 aliphatic rings. The molecule has 0 radical (unpaired) electrons. The molecule has 12 nitrogen and oxygen atoms in total. The number of ether oxygens (including phenoxy) is 1. The Balaban J connectivity index is 1.33. The normalized spacial score (nSPS) is 18.0. The standard InChI is InChI=1S/C35H35F3N8O4/c1-3-45-33-26(20-41-46(33)25-10-5-4-6-11-25)28(29(34(45)49)43-32(48)30-39-13-12-27(42-30)35(36,37)38)24-9-7-8-23(18-24)19-40-31(47)22(2)21-44-14-16-50-17-15-44/h4-13,18,20,28-29H,2-3,14-17,19,21H2,1H3,(H,40,47)(H,43,48). The molecular weight excluding hydrogens is 653 g/mol. The number of morpholine rings is 1. The van der Waals surface area contributed by atoms with Crippen LogP contribution in [0.3, 0.4) is 0 Å². The first-order valence-corrected chi connectivity index (χ1v) is 16.1. The molecule has 4 heterocycles. The molecule has 1 saturated heterocycles. The Bertz CT molecular complexity index is 1890. The fourth-order valence-corrected chi connectivity index (χ4v) is 6.16. The van der Waals surface area contributed by atoms with Gasteiger partial charge in [0.1, 0.15) is 17.6 Å². The molecule has 0 spiro atoms. The zero-order valence-electron chi connectivity index (χ0n) is 27.2. The summed E-state index contributed by atoms with van der Waals surface area (Å²) in [5.41, 5.74) is 1.75. The van der Waals surface area contributed by atoms with Gasteiger partial charge in [0.2, 0.25) is 11.7 Å². The highest BCUT2D eigenvalue weighted by Gasteiger charge is 2.45. The molecule has 50 heavy (non-hydrogen) atoms. The van der Waals surface area contributed by atoms with Gasteiger partial charge in [0.05, 0.1) is 25.1 Å². The van der Waals surface area contributed by atoms with E-state index in [0.717, 1.165) is 6.20 Å². The molecule has 4 aromatic rings. The monoisotopic (exact) mass is 688 g/mol. The Morgan fingerprint density at radius 3 is 2.54 bits per heavy atom. The molecular formula is C35H35F3N8O4. The number of hydrogen-bond donors (Lipinski definition) is 2. The van der Waals surface area contributed by atoms with E-state index in [9.17, 15) is 27.6 Å². The third kappa shape index (κ3) is 7.28. The van der Waals surface area contributed by atoms with Crippen LogP contribution < -0.4 is 15.5 Å². The third-order valence-corrected chi connectivity index (χ3v) is 8.58. The second-order valence-electron chi connectivity index (χ2n) is 11.9. The van der Waals surface area contributed by atoms with E-state index in [1.807, 2.05) is 42.5 Å². The molecule has 0 bridgehead atoms. The minimum absolute atomic E-state index is 0.155. The van der Waals surface area contributed by atoms with Crippen molar-refractivity contribution >= 4 is 23.5 Å². The predicted octanol–water partition coefficient (Wildman–Crippen LogP) is 3.48. The summed E-state index contributed by atoms with van der Waals surface area (Å²) in [6, 6.07) is 15.8. The number of nitrogens with one attached hydrogen (secondary N) is 2. The van der Waals surface area contributed by atoms with Gasteiger partial charge in [-0.15, -0.1) is 0 Å². The molecule has 3 amide bonds. The number of halogens is 3. The lowest BCUT2D eigenvalue weighted by molar-refractivity contribution is -0.141. The molecule has 2 atom stereocenters. The fraction of sp³-hybridized carbons (Fsp3) is 0.314. The molecule has 2 N–H and O–H groups in total. The van der Waals surface area contributed by atoms with Gasteiger partial charge in [-0.1, -0.05) is 49.0 Å². The van der Waals surface area contributed by atoms with Crippen molar-refractivity contribution in [1.82, 2.24) is 35.3 Å². The van der Waals surface area contributed by atoms with Crippen molar-refractivity contribution in [3.05, 3.63) is 113 Å². The third-order valence-electron chi connectivity index (χ3n) is 8.58. The van der Waals surface area contributed by atoms with E-state index >= 15 is 0 Å². The van der Waals surface area contributed by atoms with E-state index in [-0.39, 0.29) is 19.0 Å². The number of para-hydroxylation sites is 1. The molecule has 2 unspecified atom stereocenters. The van der Waals surface area contributed by atoms with Crippen molar-refractivity contribution in [2.45, 2.75) is 31.6 Å². The Kier molecular flexibility index (Phi) is 10.1. The Hall–Kier alpha value is -5.41. The maximum Gasteiger partial charge on any atom is 0.433 e. The average molecular weight is 689 g/mol. The first-order valence-electron chi connectivity index (χ1n) is 16.1. The average Bonchev–Trinajstić information content (AvgIpc) is 3.56. The number of benzene rings is 2. The molecule has 0 saturated carbocycles. The number of hydrogen-bond acceptors (Lipinski definition) is 8. The number of nitrogens with zero attached hydrogens (tertiary/aromatic N) is 6. The highest BCUT2D eigenvalue weighted by Crippen LogP contribution is 2.41. The number of alkyl halides is 3. The second kappa shape index (κ2) is 14.6. The van der Waals surface area contributed by atoms with Crippen molar-refractivity contribution in [3.63, 3.8) is 0 Å². The van der Waals surface area contributed by atoms with Crippen LogP contribution in [0.1, 0.15) is 45.8 Å². The van der Waals surface area contributed by atoms with Crippen LogP contribution in [0.25, 0.3) is 5.69 Å². The molecule has 2 aliphatic heterocycles. The van der Waals surface area contributed by atoms with Crippen LogP contribution in [-0.2, 0) is 27.0 Å². The lowest BCUT2D eigenvalue weighted by atomic mass is 9.82. The highest BCUT2D eigenvalue weighted by molar-refractivity contribution is 6.04. The van der Waals surface area contributed by atoms with Crippen molar-refractivity contribution in [1.29, 1.82) is 0 Å². The molecule has 15 heteroatoms. The number of carbonyl (C=O) groups is 3. The maximum absolute atomic E-state index is 14.3. The highest BCUT2D eigenvalue weighted by atomic mass is 19.4. The van der Waals surface area contributed by atoms with Crippen LogP contribution in [-0.4, -0.2) is 87.8 Å². The van der Waals surface area contributed by atoms with Gasteiger partial charge >= 0.3 is 6.18 Å². The van der Waals surface area contributed by atoms with Crippen LogP contribution in [0.2, 0.25) is 0 Å². The van der Waals surface area contributed by atoms with E-state index in [1.54, 1.807) is 29.9 Å². The summed E-state index contributed by atoms with van der Waals surface area (Å²) in [5.74, 6) is -2.90. The molecule has 2 aromatic carbocycles. The Morgan fingerprint density at radius 1 is 1.06 bits per heavy atom. The zero-order valence-corrected chi connectivity index (χ0v) is 27.2. The number of aromatic nitrogens is 4. The largest absolute Gasteiger partial charge is 0.433 e. The van der Waals surface area contributed by atoms with Crippen molar-refractivity contribution in [3.8, 4) is 5.69 Å². The zero-order chi connectivity index (χ0) is 35.4. The summed E-state index contributed by atoms with van der Waals surface area (Å²) >= 11 is 0. The van der Waals surface area contributed by atoms with E-state index in [0.29, 0.717) is 72.7 Å². The number of rotatable bonds is 10. The SMILES string of the molecule is C=C(CN1CCOCC1)C(=O)NCc1cccc(C2c3cnn(-c4ccccc4)c3N(CC)C(=O)C2NC(=O)c2nccc(C(F)(F)F)n2)c1. The lowest BCUT2D eigenvalue weighted by Crippen LogP contribution is -2.55. The summed E-state index contributed by atoms with van der Waals surface area (Å²) in [7, 11) is 0. The van der Waals surface area contributed by atoms with Gasteiger partial charge < -0.3 is 15.4 Å². The van der Waals surface area contributed by atoms with Crippen LogP contribution >= 0.6 is 0 Å². The molecule has 1 fully saturated rings. The Morgan fingerprint density at radius 2 is 1.82 bits per heavy atom. The maximum atomic E-state index is 14.3. The minimum atomic E-state index is -4.80.